The van der Waals surface area contributed by atoms with Crippen LogP contribution in [-0.2, 0) is 62.4 Å². The highest BCUT2D eigenvalue weighted by atomic mass is 31.3. The standard InChI is InChI=1S/C37H52N14O22P4/c1-5-39-28-19-29(41-9-40-28)49(10-42-19)36-27(66-4)26(73-77(64,65)69-7-17-23(53)24(54)34(70-17)50-11-43-20-30(50)44-15(2)45-32(20)56)18(72-36)8-68-76(62,63)14-74(58,59)13-75(60,61)67-6-16-22(52)25(55)35(71-16)51-12-48(3)21-31(51)46-37(38)47-33(21)57/h9-12,16-18,22-27,34-36,52-55H,5-8,13-14H2,1-4H3,(H8-,38,39,40,41,44,45,46,47,56,57,58,59,60,61,62,63,64,65)/p+1/t16-,17-,18-,22?,23?,24+,25?,26?,27+,34-,35-,36-/m1/s1. The highest BCUT2D eigenvalue weighted by molar-refractivity contribution is 7.79. The first-order valence-corrected chi connectivity index (χ1v) is 30.0. The maximum Gasteiger partial charge on any atom is 0.472 e. The van der Waals surface area contributed by atoms with Gasteiger partial charge in [0.2, 0.25) is 25.9 Å². The van der Waals surface area contributed by atoms with Crippen molar-refractivity contribution in [2.45, 2.75) is 87.5 Å². The number of phosphoric acid groups is 1. The van der Waals surface area contributed by atoms with Gasteiger partial charge in [-0.05, 0) is 13.8 Å². The summed E-state index contributed by atoms with van der Waals surface area (Å²) in [6, 6.07) is 0. The van der Waals surface area contributed by atoms with Gasteiger partial charge in [0.1, 0.15) is 78.9 Å². The second-order valence-electron chi connectivity index (χ2n) is 18.0. The summed E-state index contributed by atoms with van der Waals surface area (Å²) in [4.78, 5) is 98.4. The molecule has 0 aliphatic carbocycles. The predicted molar refractivity (Wildman–Crippen MR) is 257 cm³/mol. The number of nitrogens with two attached hydrogens (primary N) is 1. The Balaban J connectivity index is 0.873. The maximum atomic E-state index is 13.8. The summed E-state index contributed by atoms with van der Waals surface area (Å²) in [5.41, 5.74) is 4.71. The van der Waals surface area contributed by atoms with Crippen molar-refractivity contribution in [2.75, 3.05) is 56.3 Å². The average Bonchev–Trinajstić information content (AvgIpc) is 4.20. The third-order valence-electron chi connectivity index (χ3n) is 12.4. The molecular formula is C37H53N14O22P4+. The zero-order valence-electron chi connectivity index (χ0n) is 40.6. The van der Waals surface area contributed by atoms with Gasteiger partial charge in [0.05, 0.1) is 39.5 Å². The van der Waals surface area contributed by atoms with Gasteiger partial charge in [0.15, 0.2) is 40.6 Å². The van der Waals surface area contributed by atoms with E-state index in [1.807, 2.05) is 0 Å². The van der Waals surface area contributed by atoms with Gasteiger partial charge in [-0.3, -0.25) is 46.4 Å². The molecule has 40 heteroatoms. The van der Waals surface area contributed by atoms with Crippen LogP contribution in [0, 0.1) is 6.92 Å². The van der Waals surface area contributed by atoms with Crippen LogP contribution in [-0.4, -0.2) is 194 Å². The number of nitrogen functional groups attached to an aromatic ring is 1. The van der Waals surface area contributed by atoms with Crippen molar-refractivity contribution in [2.24, 2.45) is 7.05 Å². The lowest BCUT2D eigenvalue weighted by Gasteiger charge is -2.26. The number of H-pyrrole nitrogens is 2. The molecule has 0 amide bonds. The topological polar surface area (TPSA) is 504 Å². The molecule has 9 heterocycles. The van der Waals surface area contributed by atoms with Crippen LogP contribution in [0.5, 0.6) is 0 Å². The van der Waals surface area contributed by atoms with Crippen molar-refractivity contribution >= 4 is 75.6 Å². The Labute approximate surface area is 430 Å². The molecule has 16 atom stereocenters. The molecule has 77 heavy (non-hydrogen) atoms. The molecule has 8 unspecified atom stereocenters. The SMILES string of the molecule is CCNc1ncnc2c1ncn2[C@@H]1O[C@H](COP(=O)(O)CP(=O)(O)CP(=O)(O)OC[C@H]2O[C@@H](n3c[n+](C)c4c(=O)[nH]c(N)nc43)C(O)C2O)C(OP(=O)(O)OC[C@H]2O[C@@H](n3cnc4c(=O)[nH]c(C)nc43)[C@@H](O)C2O)[C@@H]1OC. The summed E-state index contributed by atoms with van der Waals surface area (Å²) in [6.45, 7) is 0.794. The number of methoxy groups -OCH3 is 1. The Morgan fingerprint density at radius 3 is 1.91 bits per heavy atom. The van der Waals surface area contributed by atoms with Gasteiger partial charge in [-0.15, -0.1) is 0 Å². The number of fused-ring (bicyclic) bond motifs is 3. The van der Waals surface area contributed by atoms with Crippen molar-refractivity contribution in [3.63, 3.8) is 0 Å². The van der Waals surface area contributed by atoms with E-state index in [0.717, 1.165) is 13.4 Å². The number of hydrogen-bond acceptors (Lipinski definition) is 26. The third-order valence-corrected chi connectivity index (χ3v) is 20.9. The van der Waals surface area contributed by atoms with Crippen LogP contribution in [0.15, 0.2) is 34.9 Å². The lowest BCUT2D eigenvalue weighted by Crippen LogP contribution is -2.38. The minimum absolute atomic E-state index is 0.00499. The minimum Gasteiger partial charge on any atom is -0.387 e. The average molecular weight is 1170 g/mol. The van der Waals surface area contributed by atoms with Crippen molar-refractivity contribution < 1.29 is 99.9 Å². The Morgan fingerprint density at radius 1 is 0.714 bits per heavy atom. The molecule has 0 bridgehead atoms. The highest BCUT2D eigenvalue weighted by Gasteiger charge is 2.53. The molecule has 13 N–H and O–H groups in total. The maximum absolute atomic E-state index is 13.8. The predicted octanol–water partition coefficient (Wildman–Crippen LogP) is -2.91. The number of ether oxygens (including phenoxy) is 4. The summed E-state index contributed by atoms with van der Waals surface area (Å²) in [5.74, 6) is -3.05. The quantitative estimate of drug-likeness (QED) is 0.0254. The van der Waals surface area contributed by atoms with Crippen LogP contribution >= 0.6 is 30.4 Å². The van der Waals surface area contributed by atoms with Crippen molar-refractivity contribution in [3.05, 3.63) is 51.8 Å². The van der Waals surface area contributed by atoms with E-state index in [0.29, 0.717) is 12.4 Å². The number of imidazole rings is 3. The summed E-state index contributed by atoms with van der Waals surface area (Å²) in [7, 11) is -18.5. The van der Waals surface area contributed by atoms with Crippen LogP contribution in [0.3, 0.4) is 0 Å². The van der Waals surface area contributed by atoms with Gasteiger partial charge < -0.3 is 84.0 Å². The molecule has 36 nitrogen and oxygen atoms in total. The first kappa shape index (κ1) is 56.8. The molecule has 3 aliphatic rings. The molecule has 0 spiro atoms. The number of anilines is 2. The fraction of sp³-hybridized carbons (Fsp3) is 0.595. The van der Waals surface area contributed by atoms with E-state index in [1.54, 1.807) is 6.92 Å². The van der Waals surface area contributed by atoms with Gasteiger partial charge in [0.25, 0.3) is 16.7 Å². The molecule has 3 fully saturated rings. The fourth-order valence-electron chi connectivity index (χ4n) is 9.07. The number of hydrogen-bond donors (Lipinski definition) is 12. The van der Waals surface area contributed by atoms with Gasteiger partial charge >= 0.3 is 28.6 Å². The van der Waals surface area contributed by atoms with Crippen LogP contribution < -0.4 is 26.7 Å². The Morgan fingerprint density at radius 2 is 1.29 bits per heavy atom. The molecule has 0 saturated carbocycles. The lowest BCUT2D eigenvalue weighted by molar-refractivity contribution is -0.646. The third kappa shape index (κ3) is 11.6. The molecule has 3 aliphatic heterocycles. The van der Waals surface area contributed by atoms with Crippen LogP contribution in [0.4, 0.5) is 11.8 Å². The minimum atomic E-state index is -5.38. The normalized spacial score (nSPS) is 30.0. The summed E-state index contributed by atoms with van der Waals surface area (Å²) in [6.07, 6.45) is -14.3. The zero-order chi connectivity index (χ0) is 55.7. The number of aliphatic hydroxyl groups excluding tert-OH is 4. The Hall–Kier alpha value is -4.87. The fourth-order valence-corrected chi connectivity index (χ4v) is 17.1. The number of aliphatic hydroxyl groups is 4. The number of rotatable bonds is 21. The van der Waals surface area contributed by atoms with E-state index >= 15 is 0 Å². The second kappa shape index (κ2) is 21.6. The number of nitrogens with zero attached hydrogens (tertiary/aromatic N) is 10. The molecule has 3 saturated heterocycles. The smallest absolute Gasteiger partial charge is 0.387 e. The van der Waals surface area contributed by atoms with Gasteiger partial charge in [-0.2, -0.15) is 9.55 Å². The van der Waals surface area contributed by atoms with E-state index in [-0.39, 0.29) is 45.3 Å². The van der Waals surface area contributed by atoms with E-state index in [4.69, 9.17) is 42.8 Å². The Kier molecular flexibility index (Phi) is 16.0. The summed E-state index contributed by atoms with van der Waals surface area (Å²) >= 11 is 0. The monoisotopic (exact) mass is 1170 g/mol. The molecule has 6 aromatic rings. The molecule has 9 rings (SSSR count). The van der Waals surface area contributed by atoms with Crippen molar-refractivity contribution in [1.82, 2.24) is 53.6 Å². The van der Waals surface area contributed by atoms with Crippen molar-refractivity contribution in [3.8, 4) is 0 Å². The van der Waals surface area contributed by atoms with Crippen LogP contribution in [0.1, 0.15) is 31.4 Å². The Bertz CT molecular complexity index is 3500. The van der Waals surface area contributed by atoms with Crippen LogP contribution in [0.25, 0.3) is 33.5 Å². The van der Waals surface area contributed by atoms with E-state index in [2.05, 4.69) is 45.2 Å². The number of phosphoric ester groups is 1. The van der Waals surface area contributed by atoms with Crippen LogP contribution in [0.2, 0.25) is 0 Å². The highest BCUT2D eigenvalue weighted by Crippen LogP contribution is 2.65. The number of nitrogens with one attached hydrogen (secondary N) is 3. The van der Waals surface area contributed by atoms with Gasteiger partial charge in [0, 0.05) is 13.7 Å². The van der Waals surface area contributed by atoms with E-state index in [9.17, 15) is 67.8 Å². The number of aromatic amines is 2. The number of aromatic nitrogens is 12. The zero-order valence-corrected chi connectivity index (χ0v) is 44.2. The molecular weight excluding hydrogens is 1120 g/mol. The summed E-state index contributed by atoms with van der Waals surface area (Å²) < 4.78 is 103. The van der Waals surface area contributed by atoms with Gasteiger partial charge in [-0.25, -0.2) is 34.1 Å². The molecule has 6 aromatic heterocycles. The second-order valence-corrected chi connectivity index (χ2v) is 26.4. The van der Waals surface area contributed by atoms with Crippen molar-refractivity contribution in [1.29, 1.82) is 0 Å². The summed E-state index contributed by atoms with van der Waals surface area (Å²) in [5, 5.41) is 46.5. The molecule has 422 valence electrons. The largest absolute Gasteiger partial charge is 0.472 e. The lowest BCUT2D eigenvalue weighted by atomic mass is 10.1. The first-order chi connectivity index (χ1) is 36.2. The number of aryl methyl sites for hydroxylation is 2. The van der Waals surface area contributed by atoms with E-state index in [1.165, 1.54) is 51.2 Å². The van der Waals surface area contributed by atoms with Gasteiger partial charge in [-0.1, -0.05) is 0 Å². The van der Waals surface area contributed by atoms with E-state index < -0.39 is 147 Å². The molecule has 0 radical (unpaired) electrons. The first-order valence-electron chi connectivity index (χ1n) is 22.9. The molecule has 0 aromatic carbocycles.